The summed E-state index contributed by atoms with van der Waals surface area (Å²) in [6.45, 7) is 0.328. The molecular formula is C17H20N4O. The van der Waals surface area contributed by atoms with Gasteiger partial charge >= 0.3 is 0 Å². The molecule has 1 aliphatic rings. The molecule has 5 heteroatoms. The van der Waals surface area contributed by atoms with E-state index in [2.05, 4.69) is 15.6 Å². The average Bonchev–Trinajstić information content (AvgIpc) is 2.56. The molecule has 0 saturated heterocycles. The summed E-state index contributed by atoms with van der Waals surface area (Å²) in [5, 5.41) is 5.92. The fraction of sp³-hybridized carbons (Fsp3) is 0.353. The van der Waals surface area contributed by atoms with Gasteiger partial charge in [0.2, 0.25) is 5.91 Å². The minimum absolute atomic E-state index is 0.00693. The Bertz CT molecular complexity index is 657. The van der Waals surface area contributed by atoms with E-state index in [0.29, 0.717) is 6.54 Å². The fourth-order valence-electron chi connectivity index (χ4n) is 2.83. The second-order valence-corrected chi connectivity index (χ2v) is 5.50. The molecule has 3 rings (SSSR count). The van der Waals surface area contributed by atoms with E-state index in [1.165, 1.54) is 0 Å². The van der Waals surface area contributed by atoms with E-state index in [4.69, 9.17) is 4.98 Å². The van der Waals surface area contributed by atoms with Crippen LogP contribution in [0.2, 0.25) is 0 Å². The molecule has 1 atom stereocenters. The van der Waals surface area contributed by atoms with Crippen LogP contribution in [-0.2, 0) is 11.2 Å². The highest BCUT2D eigenvalue weighted by Gasteiger charge is 2.23. The maximum Gasteiger partial charge on any atom is 0.234 e. The molecule has 22 heavy (non-hydrogen) atoms. The molecule has 1 unspecified atom stereocenters. The molecular weight excluding hydrogens is 276 g/mol. The van der Waals surface area contributed by atoms with E-state index in [1.807, 2.05) is 36.5 Å². The summed E-state index contributed by atoms with van der Waals surface area (Å²) in [6, 6.07) is 10.00. The minimum Gasteiger partial charge on any atom is -0.348 e. The normalized spacial score (nSPS) is 16.9. The van der Waals surface area contributed by atoms with Crippen LogP contribution in [-0.4, -0.2) is 29.5 Å². The number of fused-ring (bicyclic) bond motifs is 1. The highest BCUT2D eigenvalue weighted by Crippen LogP contribution is 2.29. The van der Waals surface area contributed by atoms with Crippen LogP contribution in [0.3, 0.4) is 0 Å². The number of benzene rings is 1. The number of aromatic nitrogens is 2. The van der Waals surface area contributed by atoms with E-state index < -0.39 is 0 Å². The van der Waals surface area contributed by atoms with Crippen molar-refractivity contribution in [3.63, 3.8) is 0 Å². The first kappa shape index (κ1) is 14.7. The van der Waals surface area contributed by atoms with Crippen molar-refractivity contribution in [2.75, 3.05) is 13.6 Å². The van der Waals surface area contributed by atoms with Gasteiger partial charge in [-0.2, -0.15) is 0 Å². The number of hydrogen-bond donors (Lipinski definition) is 2. The molecule has 2 N–H and O–H groups in total. The van der Waals surface area contributed by atoms with Gasteiger partial charge in [0.05, 0.1) is 12.6 Å². The van der Waals surface area contributed by atoms with Gasteiger partial charge in [0.15, 0.2) is 5.82 Å². The number of hydrogen-bond acceptors (Lipinski definition) is 4. The monoisotopic (exact) mass is 296 g/mol. The summed E-state index contributed by atoms with van der Waals surface area (Å²) in [7, 11) is 1.77. The van der Waals surface area contributed by atoms with Gasteiger partial charge in [-0.25, -0.2) is 9.97 Å². The summed E-state index contributed by atoms with van der Waals surface area (Å²) in [6.07, 6.45) is 4.78. The lowest BCUT2D eigenvalue weighted by Gasteiger charge is -2.25. The molecule has 0 bridgehead atoms. The molecule has 1 aromatic carbocycles. The lowest BCUT2D eigenvalue weighted by Crippen LogP contribution is -2.36. The zero-order chi connectivity index (χ0) is 15.4. The summed E-state index contributed by atoms with van der Waals surface area (Å²) >= 11 is 0. The van der Waals surface area contributed by atoms with Crippen molar-refractivity contribution in [2.24, 2.45) is 0 Å². The van der Waals surface area contributed by atoms with Crippen molar-refractivity contribution in [2.45, 2.75) is 25.3 Å². The van der Waals surface area contributed by atoms with Crippen molar-refractivity contribution in [1.29, 1.82) is 0 Å². The third-order valence-electron chi connectivity index (χ3n) is 3.89. The van der Waals surface area contributed by atoms with Crippen molar-refractivity contribution in [1.82, 2.24) is 20.6 Å². The van der Waals surface area contributed by atoms with Crippen LogP contribution < -0.4 is 10.6 Å². The van der Waals surface area contributed by atoms with Gasteiger partial charge in [-0.15, -0.1) is 0 Å². The van der Waals surface area contributed by atoms with Crippen molar-refractivity contribution < 1.29 is 4.79 Å². The van der Waals surface area contributed by atoms with Gasteiger partial charge in [-0.1, -0.05) is 30.3 Å². The Morgan fingerprint density at radius 2 is 2.14 bits per heavy atom. The van der Waals surface area contributed by atoms with Gasteiger partial charge in [-0.05, 0) is 26.3 Å². The molecule has 0 radical (unpaired) electrons. The zero-order valence-electron chi connectivity index (χ0n) is 12.7. The Hall–Kier alpha value is -2.27. The molecule has 1 amide bonds. The first-order chi connectivity index (χ1) is 10.8. The van der Waals surface area contributed by atoms with E-state index in [-0.39, 0.29) is 11.9 Å². The van der Waals surface area contributed by atoms with Crippen LogP contribution in [0, 0.1) is 0 Å². The Balaban J connectivity index is 1.85. The second-order valence-electron chi connectivity index (χ2n) is 5.50. The van der Waals surface area contributed by atoms with E-state index in [1.54, 1.807) is 7.05 Å². The van der Waals surface area contributed by atoms with Crippen molar-refractivity contribution >= 4 is 5.91 Å². The number of nitrogens with zero attached hydrogens (tertiary/aromatic N) is 2. The number of likely N-dealkylation sites (N-methyl/N-ethyl adjacent to an activating group) is 1. The maximum atomic E-state index is 11.8. The molecule has 5 nitrogen and oxygen atoms in total. The van der Waals surface area contributed by atoms with Crippen LogP contribution in [0.15, 0.2) is 36.5 Å². The summed E-state index contributed by atoms with van der Waals surface area (Å²) in [5.74, 6) is 0.758. The lowest BCUT2D eigenvalue weighted by molar-refractivity contribution is -0.121. The first-order valence-electron chi connectivity index (χ1n) is 7.63. The highest BCUT2D eigenvalue weighted by molar-refractivity contribution is 5.78. The van der Waals surface area contributed by atoms with Gasteiger partial charge in [0.25, 0.3) is 0 Å². The van der Waals surface area contributed by atoms with Crippen LogP contribution in [0.1, 0.15) is 30.1 Å². The second kappa shape index (κ2) is 6.66. The minimum atomic E-state index is 0.00693. The zero-order valence-corrected chi connectivity index (χ0v) is 12.7. The quantitative estimate of drug-likeness (QED) is 0.903. The van der Waals surface area contributed by atoms with Gasteiger partial charge < -0.3 is 10.6 Å². The van der Waals surface area contributed by atoms with Gasteiger partial charge in [0.1, 0.15) is 0 Å². The predicted molar refractivity (Wildman–Crippen MR) is 85.2 cm³/mol. The third-order valence-corrected chi connectivity index (χ3v) is 3.89. The smallest absolute Gasteiger partial charge is 0.234 e. The van der Waals surface area contributed by atoms with Crippen molar-refractivity contribution in [3.05, 3.63) is 47.8 Å². The van der Waals surface area contributed by atoms with Crippen LogP contribution in [0.4, 0.5) is 0 Å². The molecule has 1 aromatic heterocycles. The molecule has 0 spiro atoms. The van der Waals surface area contributed by atoms with E-state index in [9.17, 15) is 4.79 Å². The Morgan fingerprint density at radius 1 is 1.32 bits per heavy atom. The Morgan fingerprint density at radius 3 is 2.91 bits per heavy atom. The molecule has 1 heterocycles. The molecule has 0 fully saturated rings. The summed E-state index contributed by atoms with van der Waals surface area (Å²) in [5.41, 5.74) is 3.12. The van der Waals surface area contributed by atoms with Crippen LogP contribution in [0.5, 0.6) is 0 Å². The lowest BCUT2D eigenvalue weighted by atomic mass is 9.92. The number of aryl methyl sites for hydroxylation is 1. The Labute approximate surface area is 130 Å². The van der Waals surface area contributed by atoms with Gasteiger partial charge in [-0.3, -0.25) is 4.79 Å². The molecule has 0 saturated carbocycles. The molecule has 114 valence electrons. The SMILES string of the molecule is CNCC(=O)NC1CCCc2nc(-c3ccccc3)ncc21. The Kier molecular flexibility index (Phi) is 4.44. The molecule has 1 aliphatic carbocycles. The maximum absolute atomic E-state index is 11.8. The fourth-order valence-corrected chi connectivity index (χ4v) is 2.83. The summed E-state index contributed by atoms with van der Waals surface area (Å²) < 4.78 is 0. The van der Waals surface area contributed by atoms with E-state index >= 15 is 0 Å². The first-order valence-corrected chi connectivity index (χ1v) is 7.63. The highest BCUT2D eigenvalue weighted by atomic mass is 16.1. The molecule has 2 aromatic rings. The largest absolute Gasteiger partial charge is 0.348 e. The van der Waals surface area contributed by atoms with Crippen LogP contribution >= 0.6 is 0 Å². The number of amides is 1. The number of carbonyl (C=O) groups excluding carboxylic acids is 1. The predicted octanol–water partition coefficient (Wildman–Crippen LogP) is 1.86. The third kappa shape index (κ3) is 3.14. The average molecular weight is 296 g/mol. The van der Waals surface area contributed by atoms with E-state index in [0.717, 1.165) is 41.9 Å². The number of nitrogens with one attached hydrogen (secondary N) is 2. The van der Waals surface area contributed by atoms with Crippen LogP contribution in [0.25, 0.3) is 11.4 Å². The standard InChI is InChI=1S/C17H20N4O/c1-18-11-16(22)20-14-8-5-9-15-13(14)10-19-17(21-15)12-6-3-2-4-7-12/h2-4,6-7,10,14,18H,5,8-9,11H2,1H3,(H,20,22). The number of rotatable bonds is 4. The molecule has 0 aliphatic heterocycles. The topological polar surface area (TPSA) is 66.9 Å². The van der Waals surface area contributed by atoms with Gasteiger partial charge in [0, 0.05) is 23.0 Å². The summed E-state index contributed by atoms with van der Waals surface area (Å²) in [4.78, 5) is 21.0. The number of carbonyl (C=O) groups is 1. The van der Waals surface area contributed by atoms with Crippen molar-refractivity contribution in [3.8, 4) is 11.4 Å².